The van der Waals surface area contributed by atoms with E-state index in [4.69, 9.17) is 10.5 Å². The van der Waals surface area contributed by atoms with Gasteiger partial charge in [0.05, 0.1) is 6.61 Å². The Hall–Kier alpha value is -2.77. The highest BCUT2D eigenvalue weighted by Crippen LogP contribution is 2.25. The molecule has 0 aliphatic carbocycles. The number of carbonyl (C=O) groups excluding carboxylic acids is 2. The Bertz CT molecular complexity index is 767. The van der Waals surface area contributed by atoms with Gasteiger partial charge in [-0.1, -0.05) is 30.3 Å². The molecule has 2 atom stereocenters. The molecule has 2 amide bonds. The van der Waals surface area contributed by atoms with Gasteiger partial charge in [0.25, 0.3) is 0 Å². The van der Waals surface area contributed by atoms with Gasteiger partial charge in [-0.25, -0.2) is 4.39 Å². The second-order valence-electron chi connectivity index (χ2n) is 6.07. The SMILES string of the molecule is NC(=O)[C@@H]1CN([C@@H](C(=O)Nc2ccc(F)cc2)c2ccccc2)CCO1. The summed E-state index contributed by atoms with van der Waals surface area (Å²) < 4.78 is 18.5. The third kappa shape index (κ3) is 4.25. The first-order valence-electron chi connectivity index (χ1n) is 8.31. The average molecular weight is 357 g/mol. The Labute approximate surface area is 150 Å². The van der Waals surface area contributed by atoms with Crippen molar-refractivity contribution in [2.75, 3.05) is 25.0 Å². The maximum atomic E-state index is 13.1. The van der Waals surface area contributed by atoms with Gasteiger partial charge in [0, 0.05) is 18.8 Å². The number of amides is 2. The summed E-state index contributed by atoms with van der Waals surface area (Å²) in [7, 11) is 0. The zero-order valence-electron chi connectivity index (χ0n) is 14.1. The topological polar surface area (TPSA) is 84.7 Å². The van der Waals surface area contributed by atoms with Crippen LogP contribution in [0.25, 0.3) is 0 Å². The van der Waals surface area contributed by atoms with E-state index in [1.807, 2.05) is 35.2 Å². The second kappa shape index (κ2) is 8.07. The van der Waals surface area contributed by atoms with Gasteiger partial charge in [0.15, 0.2) is 0 Å². The monoisotopic (exact) mass is 357 g/mol. The number of rotatable bonds is 5. The highest BCUT2D eigenvalue weighted by molar-refractivity contribution is 5.95. The number of nitrogens with zero attached hydrogens (tertiary/aromatic N) is 1. The van der Waals surface area contributed by atoms with Crippen molar-refractivity contribution >= 4 is 17.5 Å². The molecule has 26 heavy (non-hydrogen) atoms. The normalized spacial score (nSPS) is 18.9. The zero-order chi connectivity index (χ0) is 18.5. The number of benzene rings is 2. The van der Waals surface area contributed by atoms with Gasteiger partial charge >= 0.3 is 0 Å². The molecular weight excluding hydrogens is 337 g/mol. The predicted molar refractivity (Wildman–Crippen MR) is 94.7 cm³/mol. The van der Waals surface area contributed by atoms with Gasteiger partial charge < -0.3 is 15.8 Å². The number of hydrogen-bond acceptors (Lipinski definition) is 4. The third-order valence-corrected chi connectivity index (χ3v) is 4.26. The molecule has 3 rings (SSSR count). The number of carbonyl (C=O) groups is 2. The fourth-order valence-corrected chi connectivity index (χ4v) is 2.98. The van der Waals surface area contributed by atoms with E-state index < -0.39 is 18.1 Å². The third-order valence-electron chi connectivity index (χ3n) is 4.26. The fourth-order valence-electron chi connectivity index (χ4n) is 2.98. The maximum Gasteiger partial charge on any atom is 0.247 e. The van der Waals surface area contributed by atoms with Crippen LogP contribution in [0, 0.1) is 5.82 Å². The van der Waals surface area contributed by atoms with Gasteiger partial charge in [-0.3, -0.25) is 14.5 Å². The smallest absolute Gasteiger partial charge is 0.247 e. The largest absolute Gasteiger partial charge is 0.367 e. The molecule has 0 radical (unpaired) electrons. The van der Waals surface area contributed by atoms with E-state index in [0.717, 1.165) is 5.56 Å². The second-order valence-corrected chi connectivity index (χ2v) is 6.07. The first-order valence-corrected chi connectivity index (χ1v) is 8.31. The molecule has 2 aromatic rings. The highest BCUT2D eigenvalue weighted by atomic mass is 19.1. The van der Waals surface area contributed by atoms with Gasteiger partial charge in [-0.2, -0.15) is 0 Å². The van der Waals surface area contributed by atoms with Crippen LogP contribution in [0.15, 0.2) is 54.6 Å². The lowest BCUT2D eigenvalue weighted by Gasteiger charge is -2.36. The number of anilines is 1. The predicted octanol–water partition coefficient (Wildman–Crippen LogP) is 1.69. The summed E-state index contributed by atoms with van der Waals surface area (Å²) in [6.07, 6.45) is -0.756. The molecule has 1 aliphatic heterocycles. The van der Waals surface area contributed by atoms with Crippen LogP contribution in [0.1, 0.15) is 11.6 Å². The number of primary amides is 1. The number of nitrogens with two attached hydrogens (primary N) is 1. The van der Waals surface area contributed by atoms with Crippen LogP contribution >= 0.6 is 0 Å². The molecule has 6 nitrogen and oxygen atoms in total. The van der Waals surface area contributed by atoms with Gasteiger partial charge in [-0.15, -0.1) is 0 Å². The summed E-state index contributed by atoms with van der Waals surface area (Å²) in [4.78, 5) is 26.3. The Morgan fingerprint density at radius 2 is 1.85 bits per heavy atom. The maximum absolute atomic E-state index is 13.1. The van der Waals surface area contributed by atoms with Crippen LogP contribution in [-0.4, -0.2) is 42.5 Å². The molecule has 0 saturated carbocycles. The molecule has 0 spiro atoms. The molecule has 3 N–H and O–H groups in total. The molecule has 7 heteroatoms. The molecule has 1 aliphatic rings. The molecule has 1 saturated heterocycles. The van der Waals surface area contributed by atoms with Crippen LogP contribution < -0.4 is 11.1 Å². The summed E-state index contributed by atoms with van der Waals surface area (Å²) in [6.45, 7) is 1.02. The van der Waals surface area contributed by atoms with Crippen molar-refractivity contribution in [3.05, 3.63) is 66.0 Å². The standard InChI is InChI=1S/C19H20FN3O3/c20-14-6-8-15(9-7-14)22-19(25)17(13-4-2-1-3-5-13)23-10-11-26-16(12-23)18(21)24/h1-9,16-17H,10-12H2,(H2,21,24)(H,22,25)/t16-,17+/m0/s1. The van der Waals surface area contributed by atoms with E-state index in [2.05, 4.69) is 5.32 Å². The molecule has 1 heterocycles. The Morgan fingerprint density at radius 1 is 1.15 bits per heavy atom. The summed E-state index contributed by atoms with van der Waals surface area (Å²) >= 11 is 0. The molecule has 0 unspecified atom stereocenters. The van der Waals surface area contributed by atoms with Crippen LogP contribution in [0.2, 0.25) is 0 Å². The van der Waals surface area contributed by atoms with Crippen molar-refractivity contribution in [3.8, 4) is 0 Å². The first kappa shape index (κ1) is 18.0. The number of morpholine rings is 1. The summed E-state index contributed by atoms with van der Waals surface area (Å²) in [5.74, 6) is -1.20. The van der Waals surface area contributed by atoms with E-state index in [0.29, 0.717) is 18.8 Å². The van der Waals surface area contributed by atoms with Crippen molar-refractivity contribution in [2.45, 2.75) is 12.1 Å². The van der Waals surface area contributed by atoms with Gasteiger partial charge in [0.1, 0.15) is 18.0 Å². The fraction of sp³-hybridized carbons (Fsp3) is 0.263. The van der Waals surface area contributed by atoms with E-state index in [-0.39, 0.29) is 18.3 Å². The Morgan fingerprint density at radius 3 is 2.50 bits per heavy atom. The van der Waals surface area contributed by atoms with Crippen molar-refractivity contribution in [1.29, 1.82) is 0 Å². The van der Waals surface area contributed by atoms with Crippen molar-refractivity contribution in [3.63, 3.8) is 0 Å². The molecule has 2 aromatic carbocycles. The van der Waals surface area contributed by atoms with Gasteiger partial charge in [-0.05, 0) is 29.8 Å². The van der Waals surface area contributed by atoms with Crippen LogP contribution in [0.3, 0.4) is 0 Å². The number of ether oxygens (including phenoxy) is 1. The summed E-state index contributed by atoms with van der Waals surface area (Å²) in [5, 5.41) is 2.80. The molecule has 0 bridgehead atoms. The van der Waals surface area contributed by atoms with E-state index in [1.165, 1.54) is 24.3 Å². The first-order chi connectivity index (χ1) is 12.5. The summed E-state index contributed by atoms with van der Waals surface area (Å²) in [5.41, 5.74) is 6.64. The summed E-state index contributed by atoms with van der Waals surface area (Å²) in [6, 6.07) is 14.2. The zero-order valence-corrected chi connectivity index (χ0v) is 14.1. The minimum absolute atomic E-state index is 0.228. The van der Waals surface area contributed by atoms with Crippen molar-refractivity contribution in [1.82, 2.24) is 4.90 Å². The van der Waals surface area contributed by atoms with Crippen LogP contribution in [0.5, 0.6) is 0 Å². The van der Waals surface area contributed by atoms with Crippen LogP contribution in [-0.2, 0) is 14.3 Å². The minimum Gasteiger partial charge on any atom is -0.367 e. The van der Waals surface area contributed by atoms with E-state index in [9.17, 15) is 14.0 Å². The van der Waals surface area contributed by atoms with Gasteiger partial charge in [0.2, 0.25) is 11.8 Å². The lowest BCUT2D eigenvalue weighted by atomic mass is 10.0. The molecule has 136 valence electrons. The number of hydrogen-bond donors (Lipinski definition) is 2. The number of nitrogens with one attached hydrogen (secondary N) is 1. The Balaban J connectivity index is 1.84. The van der Waals surface area contributed by atoms with Crippen LogP contribution in [0.4, 0.5) is 10.1 Å². The Kier molecular flexibility index (Phi) is 5.60. The highest BCUT2D eigenvalue weighted by Gasteiger charge is 2.34. The molecular formula is C19H20FN3O3. The number of halogens is 1. The average Bonchev–Trinajstić information content (AvgIpc) is 2.65. The van der Waals surface area contributed by atoms with E-state index >= 15 is 0 Å². The quantitative estimate of drug-likeness (QED) is 0.853. The lowest BCUT2D eigenvalue weighted by Crippen LogP contribution is -2.51. The lowest BCUT2D eigenvalue weighted by molar-refractivity contribution is -0.139. The molecule has 0 aromatic heterocycles. The van der Waals surface area contributed by atoms with E-state index in [1.54, 1.807) is 0 Å². The minimum atomic E-state index is -0.756. The molecule has 1 fully saturated rings. The van der Waals surface area contributed by atoms with Crippen molar-refractivity contribution < 1.29 is 18.7 Å². The van der Waals surface area contributed by atoms with Crippen molar-refractivity contribution in [2.24, 2.45) is 5.73 Å².